The molecule has 5 rings (SSSR count). The fourth-order valence-corrected chi connectivity index (χ4v) is 6.68. The molecule has 0 spiro atoms. The van der Waals surface area contributed by atoms with E-state index in [4.69, 9.17) is 9.72 Å². The lowest BCUT2D eigenvalue weighted by molar-refractivity contribution is -0.118. The maximum absolute atomic E-state index is 13.8. The van der Waals surface area contributed by atoms with Crippen molar-refractivity contribution in [2.45, 2.75) is 44.2 Å². The first-order valence-corrected chi connectivity index (χ1v) is 15.1. The van der Waals surface area contributed by atoms with E-state index >= 15 is 0 Å². The first kappa shape index (κ1) is 26.6. The van der Waals surface area contributed by atoms with Crippen molar-refractivity contribution in [3.8, 4) is 11.4 Å². The number of amides is 1. The second-order valence-corrected chi connectivity index (χ2v) is 11.8. The molecular formula is C28H27BrN4O3S2. The summed E-state index contributed by atoms with van der Waals surface area (Å²) in [7, 11) is 0. The number of hydrazone groups is 1. The van der Waals surface area contributed by atoms with E-state index in [9.17, 15) is 9.59 Å². The Morgan fingerprint density at radius 1 is 1.18 bits per heavy atom. The van der Waals surface area contributed by atoms with Gasteiger partial charge in [-0.05, 0) is 91.8 Å². The van der Waals surface area contributed by atoms with Crippen LogP contribution in [0.15, 0.2) is 68.1 Å². The van der Waals surface area contributed by atoms with Crippen LogP contribution < -0.4 is 15.7 Å². The number of nitrogens with one attached hydrogen (secondary N) is 1. The number of fused-ring (bicyclic) bond motifs is 3. The zero-order chi connectivity index (χ0) is 26.5. The molecule has 0 atom stereocenters. The van der Waals surface area contributed by atoms with Gasteiger partial charge < -0.3 is 4.74 Å². The number of halogens is 1. The van der Waals surface area contributed by atoms with Crippen molar-refractivity contribution in [3.05, 3.63) is 79.4 Å². The number of hydrogen-bond acceptors (Lipinski definition) is 7. The summed E-state index contributed by atoms with van der Waals surface area (Å²) in [6.45, 7) is 2.73. The molecule has 7 nitrogen and oxygen atoms in total. The van der Waals surface area contributed by atoms with Crippen molar-refractivity contribution in [1.82, 2.24) is 15.0 Å². The summed E-state index contributed by atoms with van der Waals surface area (Å²) in [6, 6.07) is 15.1. The standard InChI is InChI=1S/C28H27BrN4O3S2/c1-2-15-36-21-13-7-18(8-14-21)16-30-32-24(34)17-37-28-31-26-25(22-5-3-4-6-23(22)38-26)27(35)33(28)20-11-9-19(29)10-12-20/h7-14,16H,2-6,15,17H2,1H3,(H,32,34). The van der Waals surface area contributed by atoms with E-state index in [1.165, 1.54) is 16.6 Å². The quantitative estimate of drug-likeness (QED) is 0.107. The largest absolute Gasteiger partial charge is 0.494 e. The summed E-state index contributed by atoms with van der Waals surface area (Å²) in [5.41, 5.74) is 5.20. The molecule has 0 bridgehead atoms. The number of aromatic nitrogens is 2. The average molecular weight is 612 g/mol. The Balaban J connectivity index is 1.34. The predicted octanol–water partition coefficient (Wildman–Crippen LogP) is 6.12. The molecule has 0 fully saturated rings. The third-order valence-corrected chi connectivity index (χ3v) is 8.78. The Morgan fingerprint density at radius 3 is 2.71 bits per heavy atom. The van der Waals surface area contributed by atoms with Gasteiger partial charge in [-0.15, -0.1) is 11.3 Å². The number of thioether (sulfide) groups is 1. The highest BCUT2D eigenvalue weighted by Gasteiger charge is 2.23. The van der Waals surface area contributed by atoms with Crippen molar-refractivity contribution < 1.29 is 9.53 Å². The van der Waals surface area contributed by atoms with Gasteiger partial charge in [-0.2, -0.15) is 5.10 Å². The molecule has 38 heavy (non-hydrogen) atoms. The van der Waals surface area contributed by atoms with Gasteiger partial charge >= 0.3 is 0 Å². The van der Waals surface area contributed by atoms with E-state index in [-0.39, 0.29) is 17.2 Å². The summed E-state index contributed by atoms with van der Waals surface area (Å²) < 4.78 is 8.13. The molecule has 2 heterocycles. The van der Waals surface area contributed by atoms with Gasteiger partial charge in [0.2, 0.25) is 0 Å². The fraction of sp³-hybridized carbons (Fsp3) is 0.286. The highest BCUT2D eigenvalue weighted by molar-refractivity contribution is 9.10. The van der Waals surface area contributed by atoms with E-state index in [1.807, 2.05) is 48.5 Å². The number of carbonyl (C=O) groups excluding carboxylic acids is 1. The Morgan fingerprint density at radius 2 is 1.95 bits per heavy atom. The number of thiophene rings is 1. The third-order valence-electron chi connectivity index (χ3n) is 6.13. The van der Waals surface area contributed by atoms with Gasteiger partial charge in [0.1, 0.15) is 10.6 Å². The number of carbonyl (C=O) groups is 1. The smallest absolute Gasteiger partial charge is 0.267 e. The fourth-order valence-electron chi connectivity index (χ4n) is 4.31. The first-order valence-electron chi connectivity index (χ1n) is 12.5. The van der Waals surface area contributed by atoms with Crippen LogP contribution in [0, 0.1) is 0 Å². The van der Waals surface area contributed by atoms with Gasteiger partial charge in [0, 0.05) is 9.35 Å². The molecule has 1 aliphatic rings. The molecule has 1 N–H and O–H groups in total. The maximum Gasteiger partial charge on any atom is 0.267 e. The number of hydrogen-bond donors (Lipinski definition) is 1. The Hall–Kier alpha value is -2.95. The lowest BCUT2D eigenvalue weighted by Crippen LogP contribution is -2.24. The van der Waals surface area contributed by atoms with Crippen LogP contribution in [-0.2, 0) is 17.6 Å². The number of rotatable bonds is 9. The average Bonchev–Trinajstić information content (AvgIpc) is 3.31. The van der Waals surface area contributed by atoms with Crippen LogP contribution in [0.1, 0.15) is 42.2 Å². The first-order chi connectivity index (χ1) is 18.5. The molecule has 10 heteroatoms. The summed E-state index contributed by atoms with van der Waals surface area (Å²) >= 11 is 6.30. The Labute approximate surface area is 237 Å². The van der Waals surface area contributed by atoms with Crippen LogP contribution in [0.25, 0.3) is 15.9 Å². The zero-order valence-corrected chi connectivity index (χ0v) is 24.1. The lowest BCUT2D eigenvalue weighted by atomic mass is 9.97. The van der Waals surface area contributed by atoms with Gasteiger partial charge in [-0.25, -0.2) is 10.4 Å². The monoisotopic (exact) mass is 610 g/mol. The molecule has 0 saturated heterocycles. The molecule has 0 radical (unpaired) electrons. The van der Waals surface area contributed by atoms with Crippen LogP contribution in [0.2, 0.25) is 0 Å². The van der Waals surface area contributed by atoms with Crippen LogP contribution in [0.4, 0.5) is 0 Å². The van der Waals surface area contributed by atoms with Crippen molar-refractivity contribution in [2.75, 3.05) is 12.4 Å². The normalized spacial score (nSPS) is 13.1. The molecule has 1 aliphatic carbocycles. The maximum atomic E-state index is 13.8. The van der Waals surface area contributed by atoms with Crippen LogP contribution >= 0.6 is 39.0 Å². The molecule has 0 saturated carbocycles. The second-order valence-electron chi connectivity index (χ2n) is 8.90. The van der Waals surface area contributed by atoms with E-state index in [2.05, 4.69) is 33.4 Å². The molecule has 4 aromatic rings. The number of nitrogens with zero attached hydrogens (tertiary/aromatic N) is 3. The van der Waals surface area contributed by atoms with Gasteiger partial charge in [0.25, 0.3) is 11.5 Å². The topological polar surface area (TPSA) is 85.6 Å². The van der Waals surface area contributed by atoms with Crippen LogP contribution in [0.5, 0.6) is 5.75 Å². The molecule has 2 aromatic heterocycles. The zero-order valence-electron chi connectivity index (χ0n) is 20.9. The second kappa shape index (κ2) is 12.3. The van der Waals surface area contributed by atoms with E-state index in [0.717, 1.165) is 69.4 Å². The minimum atomic E-state index is -0.281. The summed E-state index contributed by atoms with van der Waals surface area (Å²) in [5, 5.41) is 5.29. The molecule has 1 amide bonds. The molecule has 0 unspecified atom stereocenters. The molecule has 0 aliphatic heterocycles. The van der Waals surface area contributed by atoms with Gasteiger partial charge in [-0.1, -0.05) is 34.6 Å². The van der Waals surface area contributed by atoms with Crippen LogP contribution in [-0.4, -0.2) is 34.0 Å². The van der Waals surface area contributed by atoms with Gasteiger partial charge in [-0.3, -0.25) is 14.2 Å². The van der Waals surface area contributed by atoms with Gasteiger partial charge in [0.05, 0.1) is 29.6 Å². The van der Waals surface area contributed by atoms with Crippen molar-refractivity contribution in [2.24, 2.45) is 5.10 Å². The number of aryl methyl sites for hydroxylation is 2. The number of benzene rings is 2. The van der Waals surface area contributed by atoms with Crippen LogP contribution in [0.3, 0.4) is 0 Å². The summed E-state index contributed by atoms with van der Waals surface area (Å²) in [4.78, 5) is 33.3. The van der Waals surface area contributed by atoms with Gasteiger partial charge in [0.15, 0.2) is 5.16 Å². The Bertz CT molecular complexity index is 1530. The number of ether oxygens (including phenoxy) is 1. The minimum absolute atomic E-state index is 0.0701. The Kier molecular flexibility index (Phi) is 8.61. The lowest BCUT2D eigenvalue weighted by Gasteiger charge is -2.13. The SMILES string of the molecule is CCCOc1ccc(C=NNC(=O)CSc2nc3sc4c(c3c(=O)n2-c2ccc(Br)cc2)CCCC4)cc1. The highest BCUT2D eigenvalue weighted by Crippen LogP contribution is 2.35. The minimum Gasteiger partial charge on any atom is -0.494 e. The van der Waals surface area contributed by atoms with E-state index in [1.54, 1.807) is 22.1 Å². The molecular weight excluding hydrogens is 584 g/mol. The summed E-state index contributed by atoms with van der Waals surface area (Å²) in [6.07, 6.45) is 6.67. The highest BCUT2D eigenvalue weighted by atomic mass is 79.9. The van der Waals surface area contributed by atoms with Crippen molar-refractivity contribution in [3.63, 3.8) is 0 Å². The van der Waals surface area contributed by atoms with E-state index in [0.29, 0.717) is 11.8 Å². The van der Waals surface area contributed by atoms with Crippen molar-refractivity contribution >= 4 is 61.4 Å². The van der Waals surface area contributed by atoms with E-state index < -0.39 is 0 Å². The van der Waals surface area contributed by atoms with Crippen molar-refractivity contribution in [1.29, 1.82) is 0 Å². The molecule has 196 valence electrons. The third kappa shape index (κ3) is 6.03. The molecule has 2 aromatic carbocycles. The summed E-state index contributed by atoms with van der Waals surface area (Å²) in [5.74, 6) is 0.592. The predicted molar refractivity (Wildman–Crippen MR) is 158 cm³/mol.